The van der Waals surface area contributed by atoms with E-state index in [1.165, 1.54) is 5.56 Å². The van der Waals surface area contributed by atoms with Crippen molar-refractivity contribution in [1.82, 2.24) is 19.7 Å². The van der Waals surface area contributed by atoms with Gasteiger partial charge in [-0.1, -0.05) is 37.5 Å². The first-order valence-corrected chi connectivity index (χ1v) is 8.35. The zero-order valence-electron chi connectivity index (χ0n) is 14.5. The Morgan fingerprint density at radius 1 is 1.08 bits per heavy atom. The minimum absolute atomic E-state index is 0.756. The summed E-state index contributed by atoms with van der Waals surface area (Å²) in [5.74, 6) is 6.47. The van der Waals surface area contributed by atoms with E-state index in [0.29, 0.717) is 0 Å². The number of aryl methyl sites for hydroxylation is 1. The molecule has 0 amide bonds. The van der Waals surface area contributed by atoms with Gasteiger partial charge in [0, 0.05) is 6.20 Å². The lowest BCUT2D eigenvalue weighted by Gasteiger charge is -2.12. The molecule has 4 heteroatoms. The maximum atomic E-state index is 4.70. The van der Waals surface area contributed by atoms with E-state index < -0.39 is 0 Å². The molecular formula is C20H22N4. The summed E-state index contributed by atoms with van der Waals surface area (Å²) in [5, 5.41) is 5.69. The number of rotatable bonds is 4. The summed E-state index contributed by atoms with van der Waals surface area (Å²) in [6.07, 6.45) is 1.79. The lowest BCUT2D eigenvalue weighted by molar-refractivity contribution is 0.342. The van der Waals surface area contributed by atoms with Crippen LogP contribution in [0.3, 0.4) is 0 Å². The second-order valence-electron chi connectivity index (χ2n) is 5.73. The Morgan fingerprint density at radius 2 is 1.83 bits per heavy atom. The second-order valence-corrected chi connectivity index (χ2v) is 5.73. The average Bonchev–Trinajstić information content (AvgIpc) is 2.98. The van der Waals surface area contributed by atoms with Crippen LogP contribution < -0.4 is 0 Å². The van der Waals surface area contributed by atoms with Crippen LogP contribution in [0.25, 0.3) is 16.7 Å². The third-order valence-electron chi connectivity index (χ3n) is 4.12. The molecule has 1 aromatic carbocycles. The van der Waals surface area contributed by atoms with Crippen LogP contribution in [0.15, 0.2) is 42.6 Å². The summed E-state index contributed by atoms with van der Waals surface area (Å²) in [6.45, 7) is 9.14. The number of fused-ring (bicyclic) bond motifs is 1. The Kier molecular flexibility index (Phi) is 4.93. The fourth-order valence-corrected chi connectivity index (χ4v) is 2.59. The van der Waals surface area contributed by atoms with Gasteiger partial charge in [-0.15, -0.1) is 0 Å². The van der Waals surface area contributed by atoms with Crippen molar-refractivity contribution < 1.29 is 0 Å². The molecule has 0 radical (unpaired) electrons. The van der Waals surface area contributed by atoms with Crippen molar-refractivity contribution in [3.8, 4) is 17.5 Å². The average molecular weight is 318 g/mol. The molecule has 0 unspecified atom stereocenters. The quantitative estimate of drug-likeness (QED) is 0.691. The molecule has 0 bridgehead atoms. The zero-order chi connectivity index (χ0) is 16.9. The van der Waals surface area contributed by atoms with Gasteiger partial charge in [-0.3, -0.25) is 4.90 Å². The van der Waals surface area contributed by atoms with Gasteiger partial charge in [-0.2, -0.15) is 5.10 Å². The number of aromatic nitrogens is 3. The van der Waals surface area contributed by atoms with E-state index in [0.717, 1.165) is 42.0 Å². The molecule has 0 saturated heterocycles. The summed E-state index contributed by atoms with van der Waals surface area (Å²) in [5.41, 5.74) is 3.85. The van der Waals surface area contributed by atoms with Crippen LogP contribution in [-0.4, -0.2) is 39.3 Å². The molecule has 0 aliphatic rings. The molecule has 3 aromatic rings. The summed E-state index contributed by atoms with van der Waals surface area (Å²) >= 11 is 0. The molecule has 4 nitrogen and oxygen atoms in total. The number of hydrogen-bond acceptors (Lipinski definition) is 3. The van der Waals surface area contributed by atoms with E-state index in [1.807, 2.05) is 16.8 Å². The molecular weight excluding hydrogens is 296 g/mol. The summed E-state index contributed by atoms with van der Waals surface area (Å²) in [7, 11) is 0. The van der Waals surface area contributed by atoms with Crippen LogP contribution in [0.5, 0.6) is 0 Å². The molecule has 0 spiro atoms. The molecule has 122 valence electrons. The van der Waals surface area contributed by atoms with Gasteiger partial charge >= 0.3 is 0 Å². The predicted octanol–water partition coefficient (Wildman–Crippen LogP) is 3.42. The van der Waals surface area contributed by atoms with Gasteiger partial charge in [0.15, 0.2) is 5.65 Å². The molecule has 0 atom stereocenters. The Bertz CT molecular complexity index is 877. The first-order valence-electron chi connectivity index (χ1n) is 8.35. The van der Waals surface area contributed by atoms with Gasteiger partial charge in [-0.05, 0) is 50.2 Å². The molecule has 0 N–H and O–H groups in total. The maximum absolute atomic E-state index is 4.70. The number of nitrogens with zero attached hydrogens (tertiary/aromatic N) is 4. The van der Waals surface area contributed by atoms with Gasteiger partial charge in [0.25, 0.3) is 0 Å². The minimum atomic E-state index is 0.756. The molecule has 2 aromatic heterocycles. The Balaban J connectivity index is 2.01. The Hall–Kier alpha value is -2.64. The zero-order valence-corrected chi connectivity index (χ0v) is 14.5. The van der Waals surface area contributed by atoms with Crippen molar-refractivity contribution in [2.45, 2.75) is 20.8 Å². The van der Waals surface area contributed by atoms with Crippen molar-refractivity contribution >= 4 is 11.0 Å². The standard InChI is InChI=1S/C20H22N4/c1-4-23(5-2)15-7-9-19-18-8-6-14-21-20(18)24(22-19)17-12-10-16(3)11-13-17/h6,8,10-14H,4-5,15H2,1-3H3. The lowest BCUT2D eigenvalue weighted by Crippen LogP contribution is -2.22. The maximum Gasteiger partial charge on any atom is 0.164 e. The normalized spacial score (nSPS) is 10.8. The number of hydrogen-bond donors (Lipinski definition) is 0. The van der Waals surface area contributed by atoms with E-state index in [-0.39, 0.29) is 0 Å². The molecule has 0 fully saturated rings. The highest BCUT2D eigenvalue weighted by atomic mass is 15.3. The van der Waals surface area contributed by atoms with Crippen LogP contribution in [0.2, 0.25) is 0 Å². The molecule has 24 heavy (non-hydrogen) atoms. The van der Waals surface area contributed by atoms with Crippen molar-refractivity contribution in [2.75, 3.05) is 19.6 Å². The lowest BCUT2D eigenvalue weighted by atomic mass is 10.2. The molecule has 3 rings (SSSR count). The van der Waals surface area contributed by atoms with Crippen molar-refractivity contribution in [1.29, 1.82) is 0 Å². The Morgan fingerprint density at radius 3 is 2.54 bits per heavy atom. The first-order chi connectivity index (χ1) is 11.7. The fraction of sp³-hybridized carbons (Fsp3) is 0.300. The van der Waals surface area contributed by atoms with E-state index in [4.69, 9.17) is 5.10 Å². The second kappa shape index (κ2) is 7.29. The molecule has 2 heterocycles. The summed E-state index contributed by atoms with van der Waals surface area (Å²) < 4.78 is 1.87. The van der Waals surface area contributed by atoms with Gasteiger partial charge in [0.2, 0.25) is 0 Å². The van der Waals surface area contributed by atoms with Gasteiger partial charge < -0.3 is 0 Å². The van der Waals surface area contributed by atoms with Crippen molar-refractivity contribution in [3.63, 3.8) is 0 Å². The number of pyridine rings is 1. The predicted molar refractivity (Wildman–Crippen MR) is 98.3 cm³/mol. The molecule has 0 saturated carbocycles. The minimum Gasteiger partial charge on any atom is -0.293 e. The van der Waals surface area contributed by atoms with E-state index in [9.17, 15) is 0 Å². The molecule has 0 aliphatic carbocycles. The van der Waals surface area contributed by atoms with Crippen LogP contribution >= 0.6 is 0 Å². The highest BCUT2D eigenvalue weighted by Gasteiger charge is 2.11. The SMILES string of the molecule is CCN(CC)CC#Cc1nn(-c2ccc(C)cc2)c2ncccc12. The smallest absolute Gasteiger partial charge is 0.164 e. The largest absolute Gasteiger partial charge is 0.293 e. The third-order valence-corrected chi connectivity index (χ3v) is 4.12. The van der Waals surface area contributed by atoms with Crippen LogP contribution in [0, 0.1) is 18.8 Å². The Labute approximate surface area is 143 Å². The van der Waals surface area contributed by atoms with Crippen LogP contribution in [0.4, 0.5) is 0 Å². The van der Waals surface area contributed by atoms with E-state index in [1.54, 1.807) is 6.20 Å². The van der Waals surface area contributed by atoms with Crippen LogP contribution in [0.1, 0.15) is 25.1 Å². The highest BCUT2D eigenvalue weighted by Crippen LogP contribution is 2.19. The van der Waals surface area contributed by atoms with Gasteiger partial charge in [-0.25, -0.2) is 9.67 Å². The first kappa shape index (κ1) is 16.2. The van der Waals surface area contributed by atoms with Crippen molar-refractivity contribution in [3.05, 3.63) is 53.9 Å². The van der Waals surface area contributed by atoms with E-state index >= 15 is 0 Å². The molecule has 0 aliphatic heterocycles. The monoisotopic (exact) mass is 318 g/mol. The fourth-order valence-electron chi connectivity index (χ4n) is 2.59. The highest BCUT2D eigenvalue weighted by molar-refractivity contribution is 5.82. The van der Waals surface area contributed by atoms with Crippen LogP contribution in [-0.2, 0) is 0 Å². The van der Waals surface area contributed by atoms with Gasteiger partial charge in [0.1, 0.15) is 5.69 Å². The summed E-state index contributed by atoms with van der Waals surface area (Å²) in [6, 6.07) is 12.2. The van der Waals surface area contributed by atoms with Gasteiger partial charge in [0.05, 0.1) is 17.6 Å². The van der Waals surface area contributed by atoms with Crippen molar-refractivity contribution in [2.24, 2.45) is 0 Å². The topological polar surface area (TPSA) is 34.0 Å². The summed E-state index contributed by atoms with van der Waals surface area (Å²) in [4.78, 5) is 6.78. The van der Waals surface area contributed by atoms with E-state index in [2.05, 4.69) is 66.8 Å². The third kappa shape index (κ3) is 3.32. The number of benzene rings is 1.